The van der Waals surface area contributed by atoms with Gasteiger partial charge in [-0.25, -0.2) is 10.5 Å². The van der Waals surface area contributed by atoms with Crippen molar-refractivity contribution in [3.8, 4) is 0 Å². The predicted octanol–water partition coefficient (Wildman–Crippen LogP) is 4.09. The van der Waals surface area contributed by atoms with Crippen LogP contribution in [0.3, 0.4) is 0 Å². The zero-order valence-corrected chi connectivity index (χ0v) is 15.3. The molecule has 2 N–H and O–H groups in total. The summed E-state index contributed by atoms with van der Waals surface area (Å²) >= 11 is 4.97. The van der Waals surface area contributed by atoms with Crippen molar-refractivity contribution < 1.29 is 0 Å². The molecule has 0 fully saturated rings. The van der Waals surface area contributed by atoms with Crippen molar-refractivity contribution in [2.24, 2.45) is 5.10 Å². The zero-order chi connectivity index (χ0) is 16.8. The third-order valence-electron chi connectivity index (χ3n) is 3.17. The summed E-state index contributed by atoms with van der Waals surface area (Å²) in [6.07, 6.45) is 3.56. The van der Waals surface area contributed by atoms with E-state index in [-0.39, 0.29) is 0 Å². The molecule has 1 aromatic carbocycles. The summed E-state index contributed by atoms with van der Waals surface area (Å²) in [6.45, 7) is 1.94. The minimum Gasteiger partial charge on any atom is -0.265 e. The number of hydrogen-bond donors (Lipinski definition) is 2. The second kappa shape index (κ2) is 8.07. The maximum atomic E-state index is 4.36. The van der Waals surface area contributed by atoms with E-state index < -0.39 is 0 Å². The molecular weight excluding hydrogens is 388 g/mol. The average molecular weight is 403 g/mol. The molecule has 0 aliphatic rings. The van der Waals surface area contributed by atoms with Crippen LogP contribution in [0, 0.1) is 0 Å². The second-order valence-corrected chi connectivity index (χ2v) is 6.78. The number of rotatable bonds is 6. The molecule has 0 aliphatic carbocycles. The van der Waals surface area contributed by atoms with Gasteiger partial charge >= 0.3 is 0 Å². The molecule has 0 bridgehead atoms. The van der Waals surface area contributed by atoms with E-state index >= 15 is 0 Å². The summed E-state index contributed by atoms with van der Waals surface area (Å²) in [5.41, 5.74) is 5.98. The van der Waals surface area contributed by atoms with Gasteiger partial charge in [0.2, 0.25) is 11.1 Å². The molecule has 0 unspecified atom stereocenters. The van der Waals surface area contributed by atoms with Crippen LogP contribution in [-0.4, -0.2) is 25.9 Å². The molecule has 6 nitrogen and oxygen atoms in total. The fourth-order valence-corrected chi connectivity index (χ4v) is 2.90. The van der Waals surface area contributed by atoms with Crippen molar-refractivity contribution in [3.05, 3.63) is 64.4 Å². The van der Waals surface area contributed by atoms with E-state index in [4.69, 9.17) is 0 Å². The van der Waals surface area contributed by atoms with Gasteiger partial charge < -0.3 is 0 Å². The molecule has 0 radical (unpaired) electrons. The summed E-state index contributed by atoms with van der Waals surface area (Å²) in [7, 11) is 0. The van der Waals surface area contributed by atoms with Gasteiger partial charge in [0, 0.05) is 22.6 Å². The van der Waals surface area contributed by atoms with Crippen molar-refractivity contribution in [2.75, 3.05) is 5.43 Å². The number of anilines is 1. The third-order valence-corrected chi connectivity index (χ3v) is 4.62. The van der Waals surface area contributed by atoms with Crippen molar-refractivity contribution in [3.63, 3.8) is 0 Å². The first-order valence-electron chi connectivity index (χ1n) is 7.21. The lowest BCUT2D eigenvalue weighted by atomic mass is 10.1. The van der Waals surface area contributed by atoms with Gasteiger partial charge in [0.05, 0.1) is 5.71 Å². The fraction of sp³-hybridized carbons (Fsp3) is 0.125. The maximum Gasteiger partial charge on any atom is 0.240 e. The van der Waals surface area contributed by atoms with Gasteiger partial charge in [-0.2, -0.15) is 10.1 Å². The Hall–Kier alpha value is -2.19. The lowest BCUT2D eigenvalue weighted by Crippen LogP contribution is -2.00. The van der Waals surface area contributed by atoms with E-state index in [1.165, 1.54) is 5.56 Å². The monoisotopic (exact) mass is 402 g/mol. The second-order valence-electron chi connectivity index (χ2n) is 4.93. The minimum atomic E-state index is 0.517. The SMILES string of the molecule is C/C(=N\Nc1nc(SCc2ccncc2)n[nH]1)c1ccc(Br)cc1. The fourth-order valence-electron chi connectivity index (χ4n) is 1.88. The van der Waals surface area contributed by atoms with E-state index in [1.54, 1.807) is 24.2 Å². The Bertz CT molecular complexity index is 816. The molecular formula is C16H15BrN6S. The van der Waals surface area contributed by atoms with Gasteiger partial charge in [-0.3, -0.25) is 4.98 Å². The lowest BCUT2D eigenvalue weighted by Gasteiger charge is -2.01. The molecule has 3 aromatic rings. The number of nitrogens with zero attached hydrogens (tertiary/aromatic N) is 4. The molecule has 2 heterocycles. The van der Waals surface area contributed by atoms with Crippen LogP contribution in [0.15, 0.2) is 63.5 Å². The zero-order valence-electron chi connectivity index (χ0n) is 12.9. The smallest absolute Gasteiger partial charge is 0.240 e. The van der Waals surface area contributed by atoms with Crippen LogP contribution in [0.5, 0.6) is 0 Å². The number of aromatic nitrogens is 4. The number of halogens is 1. The standard InChI is InChI=1S/C16H15BrN6S/c1-11(13-2-4-14(17)5-3-13)20-21-15-19-16(23-22-15)24-10-12-6-8-18-9-7-12/h2-9H,10H2,1H3,(H2,19,21,22,23)/b20-11+. The van der Waals surface area contributed by atoms with E-state index in [0.29, 0.717) is 11.1 Å². The maximum absolute atomic E-state index is 4.36. The molecule has 0 amide bonds. The number of aromatic amines is 1. The van der Waals surface area contributed by atoms with Gasteiger partial charge in [0.15, 0.2) is 0 Å². The summed E-state index contributed by atoms with van der Waals surface area (Å²) in [5, 5.41) is 12.0. The molecule has 8 heteroatoms. The largest absolute Gasteiger partial charge is 0.265 e. The Balaban J connectivity index is 1.57. The number of pyridine rings is 1. The summed E-state index contributed by atoms with van der Waals surface area (Å²) in [4.78, 5) is 8.36. The Morgan fingerprint density at radius 1 is 1.21 bits per heavy atom. The van der Waals surface area contributed by atoms with E-state index in [1.807, 2.05) is 43.3 Å². The Kier molecular flexibility index (Phi) is 5.60. The summed E-state index contributed by atoms with van der Waals surface area (Å²) < 4.78 is 1.04. The Morgan fingerprint density at radius 2 is 1.96 bits per heavy atom. The minimum absolute atomic E-state index is 0.517. The van der Waals surface area contributed by atoms with Gasteiger partial charge in [0.25, 0.3) is 0 Å². The molecule has 0 aliphatic heterocycles. The van der Waals surface area contributed by atoms with Gasteiger partial charge in [-0.1, -0.05) is 39.8 Å². The van der Waals surface area contributed by atoms with E-state index in [0.717, 1.165) is 21.5 Å². The first-order chi connectivity index (χ1) is 11.7. The van der Waals surface area contributed by atoms with Gasteiger partial charge in [0.1, 0.15) is 0 Å². The summed E-state index contributed by atoms with van der Waals surface area (Å²) in [6, 6.07) is 11.9. The molecule has 2 aromatic heterocycles. The Labute approximate surface area is 152 Å². The molecule has 0 saturated heterocycles. The number of nitrogens with one attached hydrogen (secondary N) is 2. The first kappa shape index (κ1) is 16.7. The highest BCUT2D eigenvalue weighted by molar-refractivity contribution is 9.10. The highest BCUT2D eigenvalue weighted by Crippen LogP contribution is 2.19. The molecule has 0 spiro atoms. The van der Waals surface area contributed by atoms with Crippen LogP contribution in [-0.2, 0) is 5.75 Å². The van der Waals surface area contributed by atoms with Crippen LogP contribution in [0.1, 0.15) is 18.1 Å². The molecule has 24 heavy (non-hydrogen) atoms. The molecule has 122 valence electrons. The number of thioether (sulfide) groups is 1. The number of H-pyrrole nitrogens is 1. The quantitative estimate of drug-likeness (QED) is 0.368. The molecule has 0 saturated carbocycles. The van der Waals surface area contributed by atoms with Crippen molar-refractivity contribution >= 4 is 39.4 Å². The predicted molar refractivity (Wildman–Crippen MR) is 100 cm³/mol. The summed E-state index contributed by atoms with van der Waals surface area (Å²) in [5.74, 6) is 1.31. The van der Waals surface area contributed by atoms with Crippen LogP contribution in [0.4, 0.5) is 5.95 Å². The van der Waals surface area contributed by atoms with Crippen LogP contribution >= 0.6 is 27.7 Å². The van der Waals surface area contributed by atoms with Crippen molar-refractivity contribution in [1.29, 1.82) is 0 Å². The van der Waals surface area contributed by atoms with Crippen molar-refractivity contribution in [1.82, 2.24) is 20.2 Å². The topological polar surface area (TPSA) is 78.8 Å². The van der Waals surface area contributed by atoms with Crippen LogP contribution in [0.2, 0.25) is 0 Å². The highest BCUT2D eigenvalue weighted by atomic mass is 79.9. The average Bonchev–Trinajstić information content (AvgIpc) is 3.07. The number of hydrazone groups is 1. The lowest BCUT2D eigenvalue weighted by molar-refractivity contribution is 0.972. The van der Waals surface area contributed by atoms with Crippen LogP contribution in [0.25, 0.3) is 0 Å². The molecule has 0 atom stereocenters. The van der Waals surface area contributed by atoms with Crippen LogP contribution < -0.4 is 5.43 Å². The number of hydrogen-bond acceptors (Lipinski definition) is 6. The highest BCUT2D eigenvalue weighted by Gasteiger charge is 2.04. The van der Waals surface area contributed by atoms with Gasteiger partial charge in [-0.15, -0.1) is 5.10 Å². The van der Waals surface area contributed by atoms with Gasteiger partial charge in [-0.05, 0) is 42.3 Å². The van der Waals surface area contributed by atoms with E-state index in [9.17, 15) is 0 Å². The normalized spacial score (nSPS) is 11.5. The Morgan fingerprint density at radius 3 is 2.71 bits per heavy atom. The van der Waals surface area contributed by atoms with E-state index in [2.05, 4.69) is 46.6 Å². The number of benzene rings is 1. The first-order valence-corrected chi connectivity index (χ1v) is 8.99. The molecule has 3 rings (SSSR count). The third kappa shape index (κ3) is 4.65. The van der Waals surface area contributed by atoms with Crippen molar-refractivity contribution in [2.45, 2.75) is 17.8 Å².